The molecule has 152 valence electrons. The van der Waals surface area contributed by atoms with Crippen molar-refractivity contribution in [3.05, 3.63) is 77.1 Å². The Bertz CT molecular complexity index is 1140. The molecule has 0 amide bonds. The van der Waals surface area contributed by atoms with Crippen molar-refractivity contribution >= 4 is 28.1 Å². The first-order chi connectivity index (χ1) is 14.7. The summed E-state index contributed by atoms with van der Waals surface area (Å²) in [5.41, 5.74) is 7.68. The van der Waals surface area contributed by atoms with Gasteiger partial charge in [0.25, 0.3) is 0 Å². The van der Waals surface area contributed by atoms with Crippen LogP contribution in [0.3, 0.4) is 0 Å². The van der Waals surface area contributed by atoms with Gasteiger partial charge in [-0.3, -0.25) is 9.78 Å². The second-order valence-electron chi connectivity index (χ2n) is 8.09. The number of hydrogen-bond donors (Lipinski definition) is 1. The summed E-state index contributed by atoms with van der Waals surface area (Å²) in [6, 6.07) is 17.1. The topological polar surface area (TPSA) is 45.2 Å². The minimum absolute atomic E-state index is 0.0531. The number of nitrogens with zero attached hydrogens (tertiary/aromatic N) is 2. The Morgan fingerprint density at radius 3 is 2.60 bits per heavy atom. The molecule has 30 heavy (non-hydrogen) atoms. The molecular weight excluding hydrogens is 370 g/mol. The molecule has 1 aliphatic carbocycles. The maximum Gasteiger partial charge on any atom is 0.161 e. The molecule has 1 aromatic heterocycles. The summed E-state index contributed by atoms with van der Waals surface area (Å²) >= 11 is 0. The van der Waals surface area contributed by atoms with Crippen molar-refractivity contribution in [3.8, 4) is 0 Å². The third-order valence-corrected chi connectivity index (χ3v) is 6.50. The highest BCUT2D eigenvalue weighted by Gasteiger charge is 2.36. The van der Waals surface area contributed by atoms with Crippen LogP contribution in [0.5, 0.6) is 0 Å². The lowest BCUT2D eigenvalue weighted by molar-refractivity contribution is -0.116. The second-order valence-corrected chi connectivity index (χ2v) is 8.09. The number of anilines is 2. The zero-order chi connectivity index (χ0) is 20.7. The van der Waals surface area contributed by atoms with Gasteiger partial charge in [-0.15, -0.1) is 0 Å². The van der Waals surface area contributed by atoms with Crippen molar-refractivity contribution in [1.82, 2.24) is 4.98 Å². The zero-order valence-electron chi connectivity index (χ0n) is 17.6. The van der Waals surface area contributed by atoms with Crippen LogP contribution in [0.4, 0.5) is 11.4 Å². The smallest absolute Gasteiger partial charge is 0.161 e. The van der Waals surface area contributed by atoms with E-state index < -0.39 is 0 Å². The number of rotatable bonds is 4. The van der Waals surface area contributed by atoms with Crippen LogP contribution in [0.15, 0.2) is 66.0 Å². The summed E-state index contributed by atoms with van der Waals surface area (Å²) < 4.78 is 0. The molecule has 2 aromatic carbocycles. The van der Waals surface area contributed by atoms with Gasteiger partial charge in [-0.2, -0.15) is 0 Å². The van der Waals surface area contributed by atoms with E-state index in [2.05, 4.69) is 71.5 Å². The Kier molecular flexibility index (Phi) is 4.78. The Labute approximate surface area is 177 Å². The predicted octanol–water partition coefficient (Wildman–Crippen LogP) is 5.65. The molecule has 1 atom stereocenters. The van der Waals surface area contributed by atoms with Crippen molar-refractivity contribution in [2.75, 3.05) is 23.3 Å². The van der Waals surface area contributed by atoms with Crippen LogP contribution in [0.1, 0.15) is 50.2 Å². The molecule has 1 unspecified atom stereocenters. The highest BCUT2D eigenvalue weighted by atomic mass is 16.1. The fraction of sp³-hybridized carbons (Fsp3) is 0.308. The van der Waals surface area contributed by atoms with Gasteiger partial charge in [-0.1, -0.05) is 18.2 Å². The number of carbonyl (C=O) groups excluding carboxylic acids is 1. The highest BCUT2D eigenvalue weighted by Crippen LogP contribution is 2.47. The van der Waals surface area contributed by atoms with E-state index in [1.54, 1.807) is 0 Å². The van der Waals surface area contributed by atoms with E-state index in [0.29, 0.717) is 6.42 Å². The van der Waals surface area contributed by atoms with Crippen LogP contribution in [0.25, 0.3) is 10.9 Å². The molecular formula is C26H27N3O. The Morgan fingerprint density at radius 1 is 1.03 bits per heavy atom. The lowest BCUT2D eigenvalue weighted by Crippen LogP contribution is -2.27. The number of carbonyl (C=O) groups is 1. The molecule has 1 aliphatic heterocycles. The van der Waals surface area contributed by atoms with Crippen molar-refractivity contribution in [2.45, 2.75) is 39.0 Å². The van der Waals surface area contributed by atoms with E-state index in [-0.39, 0.29) is 11.7 Å². The SMILES string of the molecule is CCN(CC)c1ccc(C2C3=C(CCCC3=O)Nc3ccc4ncccc4c32)cc1. The van der Waals surface area contributed by atoms with Gasteiger partial charge in [-0.05, 0) is 68.1 Å². The van der Waals surface area contributed by atoms with Crippen molar-refractivity contribution in [3.63, 3.8) is 0 Å². The van der Waals surface area contributed by atoms with Crippen LogP contribution in [0.2, 0.25) is 0 Å². The maximum atomic E-state index is 13.1. The number of ketones is 1. The monoisotopic (exact) mass is 397 g/mol. The first-order valence-corrected chi connectivity index (χ1v) is 11.0. The van der Waals surface area contributed by atoms with Crippen LogP contribution < -0.4 is 10.2 Å². The van der Waals surface area contributed by atoms with Gasteiger partial charge in [0.05, 0.1) is 5.52 Å². The van der Waals surface area contributed by atoms with Gasteiger partial charge < -0.3 is 10.2 Å². The van der Waals surface area contributed by atoms with E-state index >= 15 is 0 Å². The second kappa shape index (κ2) is 7.60. The number of pyridine rings is 1. The normalized spacial score (nSPS) is 18.1. The Morgan fingerprint density at radius 2 is 1.83 bits per heavy atom. The molecule has 0 saturated carbocycles. The van der Waals surface area contributed by atoms with Crippen molar-refractivity contribution in [2.24, 2.45) is 0 Å². The summed E-state index contributed by atoms with van der Waals surface area (Å²) in [4.78, 5) is 20.0. The number of benzene rings is 2. The van der Waals surface area contributed by atoms with Crippen LogP contribution in [-0.2, 0) is 4.79 Å². The standard InChI is InChI=1S/C26H27N3O/c1-3-29(4-2)18-12-10-17(11-13-18)24-25-19-7-6-16-27-20(19)14-15-22(25)28-21-8-5-9-23(30)26(21)24/h6-7,10-16,24,28H,3-5,8-9H2,1-2H3. The molecule has 4 nitrogen and oxygen atoms in total. The minimum Gasteiger partial charge on any atom is -0.372 e. The molecule has 0 spiro atoms. The average Bonchev–Trinajstić information content (AvgIpc) is 2.79. The van der Waals surface area contributed by atoms with E-state index in [4.69, 9.17) is 0 Å². The fourth-order valence-corrected chi connectivity index (χ4v) is 5.03. The number of allylic oxidation sites excluding steroid dienone is 2. The third kappa shape index (κ3) is 2.98. The molecule has 4 heteroatoms. The number of hydrogen-bond acceptors (Lipinski definition) is 4. The van der Waals surface area contributed by atoms with Crippen LogP contribution in [0, 0.1) is 0 Å². The maximum absolute atomic E-state index is 13.1. The van der Waals surface area contributed by atoms with E-state index in [1.165, 1.54) is 16.8 Å². The van der Waals surface area contributed by atoms with Gasteiger partial charge in [0.2, 0.25) is 0 Å². The summed E-state index contributed by atoms with van der Waals surface area (Å²) in [6.45, 7) is 6.32. The van der Waals surface area contributed by atoms with Gasteiger partial charge in [0.15, 0.2) is 5.78 Å². The molecule has 2 heterocycles. The molecule has 0 radical (unpaired) electrons. The number of Topliss-reactive ketones (excluding diaryl/α,β-unsaturated/α-hetero) is 1. The van der Waals surface area contributed by atoms with E-state index in [1.807, 2.05) is 12.3 Å². The predicted molar refractivity (Wildman–Crippen MR) is 123 cm³/mol. The van der Waals surface area contributed by atoms with Gasteiger partial charge >= 0.3 is 0 Å². The first-order valence-electron chi connectivity index (χ1n) is 11.0. The molecule has 1 N–H and O–H groups in total. The molecule has 0 bridgehead atoms. The number of aromatic nitrogens is 1. The molecule has 0 fully saturated rings. The van der Waals surface area contributed by atoms with E-state index in [0.717, 1.165) is 53.8 Å². The summed E-state index contributed by atoms with van der Waals surface area (Å²) in [6.07, 6.45) is 4.31. The largest absolute Gasteiger partial charge is 0.372 e. The van der Waals surface area contributed by atoms with Crippen LogP contribution >= 0.6 is 0 Å². The van der Waals surface area contributed by atoms with Gasteiger partial charge in [0, 0.05) is 59.7 Å². The summed E-state index contributed by atoms with van der Waals surface area (Å²) in [5.74, 6) is 0.218. The van der Waals surface area contributed by atoms with Crippen molar-refractivity contribution < 1.29 is 4.79 Å². The Hall–Kier alpha value is -3.14. The van der Waals surface area contributed by atoms with Gasteiger partial charge in [-0.25, -0.2) is 0 Å². The minimum atomic E-state index is -0.0531. The fourth-order valence-electron chi connectivity index (χ4n) is 5.03. The molecule has 0 saturated heterocycles. The Balaban J connectivity index is 1.71. The number of nitrogens with one attached hydrogen (secondary N) is 1. The molecule has 2 aliphatic rings. The van der Waals surface area contributed by atoms with E-state index in [9.17, 15) is 4.79 Å². The van der Waals surface area contributed by atoms with Crippen molar-refractivity contribution in [1.29, 1.82) is 0 Å². The molecule has 5 rings (SSSR count). The summed E-state index contributed by atoms with van der Waals surface area (Å²) in [5, 5.41) is 4.71. The zero-order valence-corrected chi connectivity index (χ0v) is 17.6. The summed E-state index contributed by atoms with van der Waals surface area (Å²) in [7, 11) is 0. The number of fused-ring (bicyclic) bond motifs is 3. The third-order valence-electron chi connectivity index (χ3n) is 6.50. The average molecular weight is 398 g/mol. The first kappa shape index (κ1) is 18.9. The van der Waals surface area contributed by atoms with Crippen LogP contribution in [-0.4, -0.2) is 23.9 Å². The lowest BCUT2D eigenvalue weighted by atomic mass is 9.74. The lowest BCUT2D eigenvalue weighted by Gasteiger charge is -2.35. The quantitative estimate of drug-likeness (QED) is 0.618. The molecule has 3 aromatic rings. The van der Waals surface area contributed by atoms with Gasteiger partial charge in [0.1, 0.15) is 0 Å². The highest BCUT2D eigenvalue weighted by molar-refractivity contribution is 6.03.